The van der Waals surface area contributed by atoms with Crippen LogP contribution in [-0.2, 0) is 11.2 Å². The van der Waals surface area contributed by atoms with E-state index in [9.17, 15) is 9.90 Å². The molecule has 0 fully saturated rings. The number of aliphatic carboxylic acids is 1. The molecule has 88 valence electrons. The van der Waals surface area contributed by atoms with Gasteiger partial charge in [-0.25, -0.2) is 4.98 Å². The van der Waals surface area contributed by atoms with Crippen molar-refractivity contribution in [3.63, 3.8) is 0 Å². The number of benzene rings is 1. The Kier molecular flexibility index (Phi) is 3.91. The summed E-state index contributed by atoms with van der Waals surface area (Å²) in [5.74, 6) is -1.40. The maximum atomic E-state index is 11.2. The van der Waals surface area contributed by atoms with Crippen molar-refractivity contribution in [1.29, 1.82) is 0 Å². The molecule has 0 bridgehead atoms. The van der Waals surface area contributed by atoms with E-state index in [-0.39, 0.29) is 0 Å². The molecule has 5 heteroatoms. The van der Waals surface area contributed by atoms with E-state index >= 15 is 0 Å². The van der Waals surface area contributed by atoms with Crippen LogP contribution in [0.15, 0.2) is 40.3 Å². The van der Waals surface area contributed by atoms with Gasteiger partial charge in [0, 0.05) is 16.0 Å². The molecule has 1 aromatic heterocycles. The summed E-state index contributed by atoms with van der Waals surface area (Å²) in [6.07, 6.45) is 2.10. The van der Waals surface area contributed by atoms with Crippen LogP contribution in [0.25, 0.3) is 0 Å². The lowest BCUT2D eigenvalue weighted by Crippen LogP contribution is -2.14. The lowest BCUT2D eigenvalue weighted by molar-refractivity contribution is -0.138. The first-order chi connectivity index (χ1) is 8.16. The Bertz CT molecular complexity index is 513. The molecule has 2 rings (SSSR count). The number of carboxylic acids is 1. The van der Waals surface area contributed by atoms with Gasteiger partial charge in [0.2, 0.25) is 0 Å². The third-order valence-corrected chi connectivity index (χ3v) is 3.76. The number of thiazole rings is 1. The lowest BCUT2D eigenvalue weighted by Gasteiger charge is -2.09. The van der Waals surface area contributed by atoms with Gasteiger partial charge in [0.15, 0.2) is 0 Å². The Morgan fingerprint density at radius 2 is 2.35 bits per heavy atom. The number of hydrogen-bond acceptors (Lipinski definition) is 3. The first-order valence-electron chi connectivity index (χ1n) is 5.03. The average molecular weight is 312 g/mol. The van der Waals surface area contributed by atoms with Gasteiger partial charge in [-0.15, -0.1) is 11.3 Å². The van der Waals surface area contributed by atoms with E-state index in [2.05, 4.69) is 20.9 Å². The second-order valence-electron chi connectivity index (χ2n) is 3.60. The van der Waals surface area contributed by atoms with E-state index in [1.165, 1.54) is 11.3 Å². The van der Waals surface area contributed by atoms with Gasteiger partial charge in [-0.2, -0.15) is 0 Å². The minimum atomic E-state index is -0.833. The topological polar surface area (TPSA) is 50.2 Å². The zero-order valence-corrected chi connectivity index (χ0v) is 11.2. The van der Waals surface area contributed by atoms with Crippen molar-refractivity contribution in [2.45, 2.75) is 12.3 Å². The quantitative estimate of drug-likeness (QED) is 0.942. The lowest BCUT2D eigenvalue weighted by atomic mass is 10.0. The van der Waals surface area contributed by atoms with Crippen LogP contribution < -0.4 is 0 Å². The summed E-state index contributed by atoms with van der Waals surface area (Å²) in [5.41, 5.74) is 0.988. The normalized spacial score (nSPS) is 12.3. The fourth-order valence-electron chi connectivity index (χ4n) is 1.59. The van der Waals surface area contributed by atoms with Crippen LogP contribution >= 0.6 is 27.3 Å². The second-order valence-corrected chi connectivity index (χ2v) is 5.44. The third kappa shape index (κ3) is 3.14. The first-order valence-corrected chi connectivity index (χ1v) is 6.70. The Morgan fingerprint density at radius 3 is 2.94 bits per heavy atom. The van der Waals surface area contributed by atoms with Crippen LogP contribution in [0, 0.1) is 0 Å². The van der Waals surface area contributed by atoms with Gasteiger partial charge in [0.25, 0.3) is 0 Å². The molecular formula is C12H10BrNO2S. The maximum absolute atomic E-state index is 11.2. The Balaban J connectivity index is 2.22. The summed E-state index contributed by atoms with van der Waals surface area (Å²) in [6.45, 7) is 0. The highest BCUT2D eigenvalue weighted by Crippen LogP contribution is 2.24. The van der Waals surface area contributed by atoms with Gasteiger partial charge in [-0.1, -0.05) is 28.1 Å². The van der Waals surface area contributed by atoms with Crippen molar-refractivity contribution in [2.75, 3.05) is 0 Å². The van der Waals surface area contributed by atoms with Crippen LogP contribution in [0.3, 0.4) is 0 Å². The molecule has 1 aromatic carbocycles. The number of aromatic nitrogens is 1. The number of hydrogen-bond donors (Lipinski definition) is 1. The van der Waals surface area contributed by atoms with Crippen molar-refractivity contribution in [3.05, 3.63) is 50.9 Å². The Hall–Kier alpha value is -1.20. The van der Waals surface area contributed by atoms with E-state index in [1.807, 2.05) is 24.3 Å². The van der Waals surface area contributed by atoms with Crippen LogP contribution in [0.4, 0.5) is 0 Å². The third-order valence-electron chi connectivity index (χ3n) is 2.38. The Morgan fingerprint density at radius 1 is 1.53 bits per heavy atom. The zero-order chi connectivity index (χ0) is 12.3. The Labute approximate surface area is 111 Å². The minimum absolute atomic E-state index is 0.461. The molecule has 0 aliphatic carbocycles. The van der Waals surface area contributed by atoms with Crippen LogP contribution in [-0.4, -0.2) is 16.1 Å². The minimum Gasteiger partial charge on any atom is -0.481 e. The first kappa shape index (κ1) is 12.3. The van der Waals surface area contributed by atoms with E-state index < -0.39 is 11.9 Å². The predicted octanol–water partition coefficient (Wildman–Crippen LogP) is 3.32. The van der Waals surface area contributed by atoms with Crippen LogP contribution in [0.5, 0.6) is 0 Å². The molecule has 0 saturated carbocycles. The molecular weight excluding hydrogens is 302 g/mol. The summed E-state index contributed by atoms with van der Waals surface area (Å²) in [5, 5.41) is 11.7. The molecule has 1 heterocycles. The fraction of sp³-hybridized carbons (Fsp3) is 0.167. The van der Waals surface area contributed by atoms with Gasteiger partial charge in [0.05, 0.1) is 0 Å². The molecule has 1 unspecified atom stereocenters. The van der Waals surface area contributed by atoms with E-state index in [4.69, 9.17) is 0 Å². The SMILES string of the molecule is O=C(O)C(Cc1cccc(Br)c1)c1nccs1. The van der Waals surface area contributed by atoms with Crippen molar-refractivity contribution in [2.24, 2.45) is 0 Å². The number of rotatable bonds is 4. The predicted molar refractivity (Wildman–Crippen MR) is 70.3 cm³/mol. The molecule has 2 aromatic rings. The van der Waals surface area contributed by atoms with E-state index in [0.29, 0.717) is 11.4 Å². The highest BCUT2D eigenvalue weighted by atomic mass is 79.9. The molecule has 1 atom stereocenters. The molecule has 0 radical (unpaired) electrons. The second kappa shape index (κ2) is 5.42. The number of carboxylic acid groups (broad SMARTS) is 1. The van der Waals surface area contributed by atoms with Crippen molar-refractivity contribution in [1.82, 2.24) is 4.98 Å². The standard InChI is InChI=1S/C12H10BrNO2S/c13-9-3-1-2-8(6-9)7-10(12(15)16)11-14-4-5-17-11/h1-6,10H,7H2,(H,15,16). The molecule has 0 spiro atoms. The summed E-state index contributed by atoms with van der Waals surface area (Å²) in [4.78, 5) is 15.3. The summed E-state index contributed by atoms with van der Waals surface area (Å²) in [6, 6.07) is 7.68. The van der Waals surface area contributed by atoms with Gasteiger partial charge in [0.1, 0.15) is 10.9 Å². The molecule has 3 nitrogen and oxygen atoms in total. The molecule has 0 amide bonds. The summed E-state index contributed by atoms with van der Waals surface area (Å²) in [7, 11) is 0. The zero-order valence-electron chi connectivity index (χ0n) is 8.84. The largest absolute Gasteiger partial charge is 0.481 e. The number of halogens is 1. The average Bonchev–Trinajstić information content (AvgIpc) is 2.78. The van der Waals surface area contributed by atoms with Crippen LogP contribution in [0.2, 0.25) is 0 Å². The monoisotopic (exact) mass is 311 g/mol. The molecule has 0 aliphatic heterocycles. The molecule has 17 heavy (non-hydrogen) atoms. The van der Waals surface area contributed by atoms with Crippen molar-refractivity contribution < 1.29 is 9.90 Å². The number of carbonyl (C=O) groups is 1. The highest BCUT2D eigenvalue weighted by molar-refractivity contribution is 9.10. The van der Waals surface area contributed by atoms with Gasteiger partial charge >= 0.3 is 5.97 Å². The summed E-state index contributed by atoms with van der Waals surface area (Å²) < 4.78 is 0.957. The van der Waals surface area contributed by atoms with Gasteiger partial charge in [-0.05, 0) is 24.1 Å². The fourth-order valence-corrected chi connectivity index (χ4v) is 2.76. The number of nitrogens with zero attached hydrogens (tertiary/aromatic N) is 1. The van der Waals surface area contributed by atoms with E-state index in [1.54, 1.807) is 11.6 Å². The van der Waals surface area contributed by atoms with Crippen molar-refractivity contribution in [3.8, 4) is 0 Å². The van der Waals surface area contributed by atoms with E-state index in [0.717, 1.165) is 10.0 Å². The van der Waals surface area contributed by atoms with Gasteiger partial charge in [-0.3, -0.25) is 4.79 Å². The van der Waals surface area contributed by atoms with Crippen LogP contribution in [0.1, 0.15) is 16.5 Å². The molecule has 0 saturated heterocycles. The smallest absolute Gasteiger partial charge is 0.313 e. The highest BCUT2D eigenvalue weighted by Gasteiger charge is 2.22. The maximum Gasteiger partial charge on any atom is 0.313 e. The molecule has 0 aliphatic rings. The van der Waals surface area contributed by atoms with Gasteiger partial charge < -0.3 is 5.11 Å². The van der Waals surface area contributed by atoms with Crippen molar-refractivity contribution >= 4 is 33.2 Å². The molecule has 1 N–H and O–H groups in total. The summed E-state index contributed by atoms with van der Waals surface area (Å²) >= 11 is 4.76.